The third-order valence-electron chi connectivity index (χ3n) is 2.00. The molecule has 1 aromatic heterocycles. The number of aromatic amines is 1. The Bertz CT molecular complexity index is 510. The van der Waals surface area contributed by atoms with Crippen molar-refractivity contribution in [1.82, 2.24) is 4.98 Å². The van der Waals surface area contributed by atoms with Crippen LogP contribution in [0.1, 0.15) is 0 Å². The first kappa shape index (κ1) is 10.5. The molecule has 0 aliphatic carbocycles. The summed E-state index contributed by atoms with van der Waals surface area (Å²) in [6, 6.07) is 10.6. The first-order valence-corrected chi connectivity index (χ1v) is 4.89. The Kier molecular flexibility index (Phi) is 2.78. The van der Waals surface area contributed by atoms with Gasteiger partial charge in [0.2, 0.25) is 5.15 Å². The highest BCUT2D eigenvalue weighted by molar-refractivity contribution is 6.32. The van der Waals surface area contributed by atoms with E-state index in [0.717, 1.165) is 5.69 Å². The van der Waals surface area contributed by atoms with Crippen LogP contribution in [0.5, 0.6) is 0 Å². The maximum Gasteiger partial charge on any atom is 0.324 e. The molecule has 0 amide bonds. The maximum absolute atomic E-state index is 10.5. The minimum atomic E-state index is -0.526. The average Bonchev–Trinajstić information content (AvgIpc) is 2.62. The fourth-order valence-corrected chi connectivity index (χ4v) is 1.48. The number of nitrogens with zero attached hydrogens (tertiary/aromatic N) is 1. The van der Waals surface area contributed by atoms with Gasteiger partial charge in [0, 0.05) is 5.69 Å². The van der Waals surface area contributed by atoms with E-state index in [1.54, 1.807) is 0 Å². The molecule has 0 unspecified atom stereocenters. The first-order chi connectivity index (χ1) is 7.66. The maximum atomic E-state index is 10.5. The molecule has 0 saturated carbocycles. The number of nitro groups is 1. The molecule has 2 N–H and O–H groups in total. The standard InChI is InChI=1S/C10H8ClN3O2/c11-10-8(6-9(13-10)14(15)16)12-7-4-2-1-3-5-7/h1-6,12-13H. The van der Waals surface area contributed by atoms with Crippen molar-refractivity contribution in [3.8, 4) is 0 Å². The third kappa shape index (κ3) is 2.14. The highest BCUT2D eigenvalue weighted by atomic mass is 35.5. The van der Waals surface area contributed by atoms with Gasteiger partial charge < -0.3 is 15.4 Å². The zero-order valence-corrected chi connectivity index (χ0v) is 8.86. The van der Waals surface area contributed by atoms with Gasteiger partial charge in [-0.1, -0.05) is 18.2 Å². The predicted octanol–water partition coefficient (Wildman–Crippen LogP) is 3.32. The van der Waals surface area contributed by atoms with Crippen LogP contribution in [0.4, 0.5) is 17.2 Å². The van der Waals surface area contributed by atoms with Gasteiger partial charge in [0.1, 0.15) is 5.69 Å². The molecule has 0 fully saturated rings. The van der Waals surface area contributed by atoms with E-state index in [9.17, 15) is 10.1 Å². The number of rotatable bonds is 3. The number of anilines is 2. The number of H-pyrrole nitrogens is 1. The Morgan fingerprint density at radius 2 is 2.00 bits per heavy atom. The van der Waals surface area contributed by atoms with Crippen molar-refractivity contribution in [2.45, 2.75) is 0 Å². The van der Waals surface area contributed by atoms with Gasteiger partial charge in [-0.25, -0.2) is 4.98 Å². The first-order valence-electron chi connectivity index (χ1n) is 4.52. The van der Waals surface area contributed by atoms with E-state index in [1.807, 2.05) is 30.3 Å². The molecule has 82 valence electrons. The lowest BCUT2D eigenvalue weighted by atomic mass is 10.3. The lowest BCUT2D eigenvalue weighted by Gasteiger charge is -2.01. The molecule has 1 aromatic carbocycles. The van der Waals surface area contributed by atoms with Crippen LogP contribution in [-0.4, -0.2) is 9.91 Å². The van der Waals surface area contributed by atoms with Gasteiger partial charge >= 0.3 is 5.82 Å². The lowest BCUT2D eigenvalue weighted by Crippen LogP contribution is -1.88. The second-order valence-electron chi connectivity index (χ2n) is 3.13. The molecule has 0 aliphatic heterocycles. The molecule has 2 rings (SSSR count). The smallest absolute Gasteiger partial charge is 0.324 e. The third-order valence-corrected chi connectivity index (χ3v) is 2.30. The topological polar surface area (TPSA) is 71.0 Å². The van der Waals surface area contributed by atoms with Gasteiger partial charge in [-0.15, -0.1) is 0 Å². The van der Waals surface area contributed by atoms with Crippen molar-refractivity contribution in [1.29, 1.82) is 0 Å². The molecule has 0 radical (unpaired) electrons. The average molecular weight is 238 g/mol. The molecule has 0 bridgehead atoms. The van der Waals surface area contributed by atoms with Crippen LogP contribution in [0, 0.1) is 10.1 Å². The van der Waals surface area contributed by atoms with E-state index in [1.165, 1.54) is 6.07 Å². The minimum Gasteiger partial charge on any atom is -0.358 e. The number of halogens is 1. The fraction of sp³-hybridized carbons (Fsp3) is 0. The van der Waals surface area contributed by atoms with Crippen molar-refractivity contribution in [2.75, 3.05) is 5.32 Å². The second-order valence-corrected chi connectivity index (χ2v) is 3.51. The number of para-hydroxylation sites is 1. The number of hydrogen-bond acceptors (Lipinski definition) is 3. The summed E-state index contributed by atoms with van der Waals surface area (Å²) < 4.78 is 0. The Morgan fingerprint density at radius 3 is 2.56 bits per heavy atom. The summed E-state index contributed by atoms with van der Waals surface area (Å²) in [7, 11) is 0. The van der Waals surface area contributed by atoms with E-state index < -0.39 is 4.92 Å². The Hall–Kier alpha value is -2.01. The molecule has 0 spiro atoms. The summed E-state index contributed by atoms with van der Waals surface area (Å²) >= 11 is 5.82. The monoisotopic (exact) mass is 237 g/mol. The van der Waals surface area contributed by atoms with E-state index >= 15 is 0 Å². The summed E-state index contributed by atoms with van der Waals surface area (Å²) in [6.07, 6.45) is 0. The van der Waals surface area contributed by atoms with Crippen LogP contribution in [0.3, 0.4) is 0 Å². The normalized spacial score (nSPS) is 10.1. The van der Waals surface area contributed by atoms with Crippen LogP contribution in [0.25, 0.3) is 0 Å². The van der Waals surface area contributed by atoms with Crippen molar-refractivity contribution in [3.63, 3.8) is 0 Å². The molecule has 0 saturated heterocycles. The number of aromatic nitrogens is 1. The van der Waals surface area contributed by atoms with E-state index in [-0.39, 0.29) is 11.0 Å². The van der Waals surface area contributed by atoms with E-state index in [2.05, 4.69) is 10.3 Å². The van der Waals surface area contributed by atoms with Gasteiger partial charge in [0.05, 0.1) is 6.07 Å². The largest absolute Gasteiger partial charge is 0.358 e. The molecule has 5 nitrogen and oxygen atoms in total. The molecule has 1 heterocycles. The lowest BCUT2D eigenvalue weighted by molar-refractivity contribution is -0.389. The highest BCUT2D eigenvalue weighted by Crippen LogP contribution is 2.29. The molecule has 0 atom stereocenters. The molecule has 0 aliphatic rings. The van der Waals surface area contributed by atoms with E-state index in [4.69, 9.17) is 11.6 Å². The minimum absolute atomic E-state index is 0.136. The van der Waals surface area contributed by atoms with Crippen molar-refractivity contribution in [3.05, 3.63) is 51.7 Å². The Labute approximate surface area is 96.2 Å². The molecule has 16 heavy (non-hydrogen) atoms. The zero-order valence-electron chi connectivity index (χ0n) is 8.11. The van der Waals surface area contributed by atoms with Crippen molar-refractivity contribution >= 4 is 28.8 Å². The van der Waals surface area contributed by atoms with Gasteiger partial charge in [0.25, 0.3) is 0 Å². The molecule has 2 aromatic rings. The summed E-state index contributed by atoms with van der Waals surface area (Å²) in [5.74, 6) is -0.136. The van der Waals surface area contributed by atoms with Crippen LogP contribution >= 0.6 is 11.6 Å². The van der Waals surface area contributed by atoms with Gasteiger partial charge in [0.15, 0.2) is 0 Å². The Balaban J connectivity index is 2.25. The van der Waals surface area contributed by atoms with Crippen molar-refractivity contribution in [2.24, 2.45) is 0 Å². The number of hydrogen-bond donors (Lipinski definition) is 2. The second kappa shape index (κ2) is 4.24. The summed E-state index contributed by atoms with van der Waals surface area (Å²) in [5.41, 5.74) is 1.30. The van der Waals surface area contributed by atoms with Gasteiger partial charge in [-0.3, -0.25) is 0 Å². The SMILES string of the molecule is O=[N+]([O-])c1cc(Nc2ccccc2)c(Cl)[nH]1. The van der Waals surface area contributed by atoms with E-state index in [0.29, 0.717) is 5.69 Å². The van der Waals surface area contributed by atoms with Crippen molar-refractivity contribution < 1.29 is 4.92 Å². The van der Waals surface area contributed by atoms with Crippen LogP contribution in [0.2, 0.25) is 5.15 Å². The number of nitrogens with one attached hydrogen (secondary N) is 2. The summed E-state index contributed by atoms with van der Waals surface area (Å²) in [6.45, 7) is 0. The quantitative estimate of drug-likeness (QED) is 0.635. The van der Waals surface area contributed by atoms with Crippen LogP contribution in [-0.2, 0) is 0 Å². The van der Waals surface area contributed by atoms with Gasteiger partial charge in [-0.05, 0) is 28.7 Å². The molecular formula is C10H8ClN3O2. The van der Waals surface area contributed by atoms with Gasteiger partial charge in [-0.2, -0.15) is 0 Å². The zero-order chi connectivity index (χ0) is 11.5. The predicted molar refractivity (Wildman–Crippen MR) is 62.2 cm³/mol. The number of benzene rings is 1. The summed E-state index contributed by atoms with van der Waals surface area (Å²) in [4.78, 5) is 12.4. The molecule has 6 heteroatoms. The van der Waals surface area contributed by atoms with Crippen LogP contribution in [0.15, 0.2) is 36.4 Å². The summed E-state index contributed by atoms with van der Waals surface area (Å²) in [5, 5.41) is 13.7. The molecular weight excluding hydrogens is 230 g/mol. The van der Waals surface area contributed by atoms with Crippen LogP contribution < -0.4 is 5.32 Å². The fourth-order valence-electron chi connectivity index (χ4n) is 1.28. The highest BCUT2D eigenvalue weighted by Gasteiger charge is 2.14. The Morgan fingerprint density at radius 1 is 1.31 bits per heavy atom.